The molecule has 2 aromatic carbocycles. The molecule has 0 spiro atoms. The number of benzene rings is 2. The van der Waals surface area contributed by atoms with Gasteiger partial charge >= 0.3 is 0 Å². The van der Waals surface area contributed by atoms with Gasteiger partial charge in [0.15, 0.2) is 0 Å². The van der Waals surface area contributed by atoms with Gasteiger partial charge in [-0.2, -0.15) is 0 Å². The molecule has 0 heterocycles. The lowest BCUT2D eigenvalue weighted by molar-refractivity contribution is -0.115. The Morgan fingerprint density at radius 2 is 1.76 bits per heavy atom. The summed E-state index contributed by atoms with van der Waals surface area (Å²) in [6, 6.07) is 15.2. The molecule has 2 rings (SSSR count). The topological polar surface area (TPSA) is 58.2 Å². The molecule has 0 saturated carbocycles. The molecule has 2 aromatic rings. The van der Waals surface area contributed by atoms with Gasteiger partial charge in [-0.3, -0.25) is 9.59 Å². The van der Waals surface area contributed by atoms with Crippen molar-refractivity contribution >= 4 is 29.3 Å². The molecule has 1 atom stereocenters. The summed E-state index contributed by atoms with van der Waals surface area (Å²) in [5.41, 5.74) is 2.21. The summed E-state index contributed by atoms with van der Waals surface area (Å²) in [6.07, 6.45) is 0.866. The van der Waals surface area contributed by atoms with Crippen molar-refractivity contribution in [1.82, 2.24) is 5.32 Å². The molecular weight excluding hydrogens is 332 g/mol. The summed E-state index contributed by atoms with van der Waals surface area (Å²) in [4.78, 5) is 25.8. The van der Waals surface area contributed by atoms with Crippen LogP contribution in [0.5, 0.6) is 0 Å². The third-order valence-corrected chi connectivity index (χ3v) is 4.78. The molecule has 25 heavy (non-hydrogen) atoms. The van der Waals surface area contributed by atoms with Crippen molar-refractivity contribution < 1.29 is 9.59 Å². The van der Waals surface area contributed by atoms with Crippen LogP contribution in [-0.2, 0) is 4.79 Å². The molecule has 0 radical (unpaired) electrons. The summed E-state index contributed by atoms with van der Waals surface area (Å²) in [5.74, 6) is -0.294. The standard InChI is InChI=1S/C20H24N2O2S/c1-4-13-21-20(24)17-7-5-6-8-18(17)22-19(23)15(3)25-16-11-9-14(2)10-12-16/h5-12,15H,4,13H2,1-3H3,(H,21,24)(H,22,23)/t15-/m1/s1. The number of para-hydroxylation sites is 1. The Balaban J connectivity index is 2.04. The van der Waals surface area contributed by atoms with Crippen LogP contribution in [0.4, 0.5) is 5.69 Å². The Morgan fingerprint density at radius 1 is 1.08 bits per heavy atom. The van der Waals surface area contributed by atoms with Crippen LogP contribution < -0.4 is 10.6 Å². The van der Waals surface area contributed by atoms with E-state index in [1.54, 1.807) is 18.2 Å². The van der Waals surface area contributed by atoms with Crippen LogP contribution in [0.2, 0.25) is 0 Å². The molecule has 0 saturated heterocycles. The van der Waals surface area contributed by atoms with E-state index < -0.39 is 0 Å². The normalized spacial score (nSPS) is 11.6. The zero-order valence-electron chi connectivity index (χ0n) is 14.8. The average Bonchev–Trinajstić information content (AvgIpc) is 2.62. The molecule has 5 heteroatoms. The molecule has 2 N–H and O–H groups in total. The smallest absolute Gasteiger partial charge is 0.253 e. The molecule has 0 fully saturated rings. The fourth-order valence-electron chi connectivity index (χ4n) is 2.23. The highest BCUT2D eigenvalue weighted by molar-refractivity contribution is 8.00. The van der Waals surface area contributed by atoms with Crippen molar-refractivity contribution in [2.75, 3.05) is 11.9 Å². The first-order valence-electron chi connectivity index (χ1n) is 8.42. The maximum atomic E-state index is 12.5. The largest absolute Gasteiger partial charge is 0.352 e. The second-order valence-corrected chi connectivity index (χ2v) is 7.28. The second kappa shape index (κ2) is 9.28. The highest BCUT2D eigenvalue weighted by Crippen LogP contribution is 2.25. The van der Waals surface area contributed by atoms with E-state index in [2.05, 4.69) is 10.6 Å². The highest BCUT2D eigenvalue weighted by Gasteiger charge is 2.17. The Kier molecular flexibility index (Phi) is 7.07. The average molecular weight is 356 g/mol. The lowest BCUT2D eigenvalue weighted by Gasteiger charge is -2.15. The van der Waals surface area contributed by atoms with E-state index in [1.807, 2.05) is 51.1 Å². The fraction of sp³-hybridized carbons (Fsp3) is 0.300. The molecule has 132 valence electrons. The molecule has 4 nitrogen and oxygen atoms in total. The van der Waals surface area contributed by atoms with Gasteiger partial charge in [-0.15, -0.1) is 11.8 Å². The number of nitrogens with one attached hydrogen (secondary N) is 2. The Morgan fingerprint density at radius 3 is 2.44 bits per heavy atom. The van der Waals surface area contributed by atoms with E-state index in [1.165, 1.54) is 17.3 Å². The summed E-state index contributed by atoms with van der Waals surface area (Å²) in [6.45, 7) is 6.50. The molecule has 0 unspecified atom stereocenters. The molecule has 0 aliphatic rings. The maximum absolute atomic E-state index is 12.5. The number of carbonyl (C=O) groups is 2. The summed E-state index contributed by atoms with van der Waals surface area (Å²) in [7, 11) is 0. The molecule has 0 bridgehead atoms. The van der Waals surface area contributed by atoms with E-state index in [4.69, 9.17) is 0 Å². The van der Waals surface area contributed by atoms with Gasteiger partial charge in [0, 0.05) is 11.4 Å². The van der Waals surface area contributed by atoms with Crippen molar-refractivity contribution in [1.29, 1.82) is 0 Å². The summed E-state index contributed by atoms with van der Waals surface area (Å²) in [5, 5.41) is 5.45. The predicted molar refractivity (Wildman–Crippen MR) is 104 cm³/mol. The molecular formula is C20H24N2O2S. The van der Waals surface area contributed by atoms with Gasteiger partial charge in [-0.1, -0.05) is 36.8 Å². The minimum absolute atomic E-state index is 0.124. The molecule has 0 aliphatic heterocycles. The van der Waals surface area contributed by atoms with Gasteiger partial charge in [0.1, 0.15) is 0 Å². The van der Waals surface area contributed by atoms with Crippen molar-refractivity contribution in [3.63, 3.8) is 0 Å². The van der Waals surface area contributed by atoms with Crippen LogP contribution in [0.25, 0.3) is 0 Å². The molecule has 2 amide bonds. The number of thioether (sulfide) groups is 1. The van der Waals surface area contributed by atoms with Crippen molar-refractivity contribution in [2.24, 2.45) is 0 Å². The Labute approximate surface area is 153 Å². The lowest BCUT2D eigenvalue weighted by atomic mass is 10.1. The van der Waals surface area contributed by atoms with Crippen LogP contribution in [0.3, 0.4) is 0 Å². The monoisotopic (exact) mass is 356 g/mol. The lowest BCUT2D eigenvalue weighted by Crippen LogP contribution is -2.27. The van der Waals surface area contributed by atoms with Crippen molar-refractivity contribution in [2.45, 2.75) is 37.3 Å². The first-order valence-corrected chi connectivity index (χ1v) is 9.30. The van der Waals surface area contributed by atoms with Gasteiger partial charge in [0.05, 0.1) is 16.5 Å². The quantitative estimate of drug-likeness (QED) is 0.729. The number of anilines is 1. The zero-order valence-corrected chi connectivity index (χ0v) is 15.7. The zero-order chi connectivity index (χ0) is 18.2. The minimum Gasteiger partial charge on any atom is -0.352 e. The van der Waals surface area contributed by atoms with E-state index in [0.717, 1.165) is 11.3 Å². The van der Waals surface area contributed by atoms with Gasteiger partial charge in [-0.05, 0) is 44.5 Å². The Hall–Kier alpha value is -2.27. The van der Waals surface area contributed by atoms with Crippen LogP contribution in [0, 0.1) is 6.92 Å². The van der Waals surface area contributed by atoms with Crippen LogP contribution in [0.1, 0.15) is 36.2 Å². The fourth-order valence-corrected chi connectivity index (χ4v) is 3.10. The Bertz CT molecular complexity index is 729. The van der Waals surface area contributed by atoms with Crippen LogP contribution >= 0.6 is 11.8 Å². The first kappa shape index (κ1) is 19.1. The van der Waals surface area contributed by atoms with E-state index in [-0.39, 0.29) is 17.1 Å². The van der Waals surface area contributed by atoms with E-state index in [0.29, 0.717) is 17.8 Å². The van der Waals surface area contributed by atoms with Crippen molar-refractivity contribution in [3.8, 4) is 0 Å². The predicted octanol–water partition coefficient (Wildman–Crippen LogP) is 4.25. The SMILES string of the molecule is CCCNC(=O)c1ccccc1NC(=O)[C@@H](C)Sc1ccc(C)cc1. The van der Waals surface area contributed by atoms with Gasteiger partial charge in [-0.25, -0.2) is 0 Å². The van der Waals surface area contributed by atoms with Gasteiger partial charge in [0.25, 0.3) is 5.91 Å². The third kappa shape index (κ3) is 5.64. The highest BCUT2D eigenvalue weighted by atomic mass is 32.2. The number of hydrogen-bond acceptors (Lipinski definition) is 3. The summed E-state index contributed by atoms with van der Waals surface area (Å²) >= 11 is 1.50. The maximum Gasteiger partial charge on any atom is 0.253 e. The number of carbonyl (C=O) groups excluding carboxylic acids is 2. The number of amides is 2. The summed E-state index contributed by atoms with van der Waals surface area (Å²) < 4.78 is 0. The van der Waals surface area contributed by atoms with Crippen molar-refractivity contribution in [3.05, 3.63) is 59.7 Å². The number of rotatable bonds is 7. The first-order chi connectivity index (χ1) is 12.0. The number of aryl methyl sites for hydroxylation is 1. The van der Waals surface area contributed by atoms with E-state index >= 15 is 0 Å². The number of hydrogen-bond donors (Lipinski definition) is 2. The minimum atomic E-state index is -0.269. The molecule has 0 aliphatic carbocycles. The van der Waals surface area contributed by atoms with Crippen LogP contribution in [0.15, 0.2) is 53.4 Å². The molecule has 0 aromatic heterocycles. The van der Waals surface area contributed by atoms with Gasteiger partial charge < -0.3 is 10.6 Å². The van der Waals surface area contributed by atoms with Gasteiger partial charge in [0.2, 0.25) is 5.91 Å². The second-order valence-electron chi connectivity index (χ2n) is 5.86. The van der Waals surface area contributed by atoms with E-state index in [9.17, 15) is 9.59 Å². The van der Waals surface area contributed by atoms with Crippen LogP contribution in [-0.4, -0.2) is 23.6 Å². The third-order valence-electron chi connectivity index (χ3n) is 3.67.